The molecule has 1 rings (SSSR count). The maximum Gasteiger partial charge on any atom is 0.187 e. The summed E-state index contributed by atoms with van der Waals surface area (Å²) in [6.45, 7) is 3.51. The highest BCUT2D eigenvalue weighted by molar-refractivity contribution is 7.99. The predicted octanol–water partition coefficient (Wildman–Crippen LogP) is 0.539. The Kier molecular flexibility index (Phi) is 5.51. The lowest BCUT2D eigenvalue weighted by atomic mass is 10.4. The van der Waals surface area contributed by atoms with Gasteiger partial charge in [0.15, 0.2) is 5.16 Å². The van der Waals surface area contributed by atoms with E-state index in [1.54, 1.807) is 18.5 Å². The molecule has 0 aliphatic carbocycles. The summed E-state index contributed by atoms with van der Waals surface area (Å²) in [5, 5.41) is 13.3. The lowest BCUT2D eigenvalue weighted by molar-refractivity contribution is 0.196. The van der Waals surface area contributed by atoms with Crippen molar-refractivity contribution >= 4 is 11.8 Å². The van der Waals surface area contributed by atoms with Crippen molar-refractivity contribution in [1.82, 2.24) is 15.3 Å². The van der Waals surface area contributed by atoms with Gasteiger partial charge in [-0.3, -0.25) is 0 Å². The fourth-order valence-electron chi connectivity index (χ4n) is 0.901. The van der Waals surface area contributed by atoms with E-state index in [-0.39, 0.29) is 6.10 Å². The molecule has 0 fully saturated rings. The minimum atomic E-state index is -0.344. The van der Waals surface area contributed by atoms with Gasteiger partial charge in [0, 0.05) is 24.7 Å². The molecule has 78 valence electrons. The fraction of sp³-hybridized carbons (Fsp3) is 0.556. The molecule has 0 saturated carbocycles. The van der Waals surface area contributed by atoms with Gasteiger partial charge in [0.2, 0.25) is 0 Å². The van der Waals surface area contributed by atoms with Crippen LogP contribution in [-0.4, -0.2) is 40.0 Å². The van der Waals surface area contributed by atoms with Crippen molar-refractivity contribution in [3.63, 3.8) is 0 Å². The molecule has 0 saturated heterocycles. The monoisotopic (exact) mass is 213 g/mol. The van der Waals surface area contributed by atoms with E-state index in [0.29, 0.717) is 17.5 Å². The van der Waals surface area contributed by atoms with Crippen molar-refractivity contribution in [2.24, 2.45) is 0 Å². The third kappa shape index (κ3) is 4.55. The van der Waals surface area contributed by atoms with Crippen LogP contribution in [-0.2, 0) is 0 Å². The van der Waals surface area contributed by atoms with Gasteiger partial charge in [-0.1, -0.05) is 18.7 Å². The first-order chi connectivity index (χ1) is 6.83. The average Bonchev–Trinajstić information content (AvgIpc) is 2.25. The van der Waals surface area contributed by atoms with Gasteiger partial charge in [-0.25, -0.2) is 9.97 Å². The van der Waals surface area contributed by atoms with Gasteiger partial charge in [0.1, 0.15) is 0 Å². The van der Waals surface area contributed by atoms with E-state index in [2.05, 4.69) is 15.3 Å². The molecule has 0 aromatic carbocycles. The molecule has 0 spiro atoms. The third-order valence-electron chi connectivity index (χ3n) is 1.58. The van der Waals surface area contributed by atoms with Crippen molar-refractivity contribution in [2.45, 2.75) is 18.2 Å². The Hall–Kier alpha value is -0.650. The van der Waals surface area contributed by atoms with Gasteiger partial charge in [-0.2, -0.15) is 0 Å². The highest BCUT2D eigenvalue weighted by Gasteiger charge is 2.04. The Morgan fingerprint density at radius 3 is 2.86 bits per heavy atom. The first-order valence-corrected chi connectivity index (χ1v) is 5.60. The van der Waals surface area contributed by atoms with Crippen LogP contribution in [0.3, 0.4) is 0 Å². The molecule has 1 heterocycles. The number of rotatable bonds is 6. The van der Waals surface area contributed by atoms with Crippen LogP contribution in [0.25, 0.3) is 0 Å². The molecular formula is C9H15N3OS. The molecule has 1 atom stereocenters. The topological polar surface area (TPSA) is 58.0 Å². The first-order valence-electron chi connectivity index (χ1n) is 4.61. The number of aromatic nitrogens is 2. The molecular weight excluding hydrogens is 198 g/mol. The van der Waals surface area contributed by atoms with Gasteiger partial charge >= 0.3 is 0 Å². The van der Waals surface area contributed by atoms with Crippen LogP contribution in [0.4, 0.5) is 0 Å². The zero-order chi connectivity index (χ0) is 10.2. The average molecular weight is 213 g/mol. The lowest BCUT2D eigenvalue weighted by Crippen LogP contribution is -2.28. The summed E-state index contributed by atoms with van der Waals surface area (Å²) in [5.74, 6) is 0.622. The first kappa shape index (κ1) is 11.4. The second kappa shape index (κ2) is 6.75. The number of nitrogens with zero attached hydrogens (tertiary/aromatic N) is 2. The van der Waals surface area contributed by atoms with E-state index < -0.39 is 0 Å². The molecule has 0 amide bonds. The highest BCUT2D eigenvalue weighted by Crippen LogP contribution is 2.11. The smallest absolute Gasteiger partial charge is 0.187 e. The zero-order valence-corrected chi connectivity index (χ0v) is 9.00. The Morgan fingerprint density at radius 1 is 1.50 bits per heavy atom. The van der Waals surface area contributed by atoms with Crippen LogP contribution in [0.2, 0.25) is 0 Å². The summed E-state index contributed by atoms with van der Waals surface area (Å²) < 4.78 is 0. The Bertz CT molecular complexity index is 245. The lowest BCUT2D eigenvalue weighted by Gasteiger charge is -2.09. The van der Waals surface area contributed by atoms with E-state index in [1.807, 2.05) is 6.92 Å². The predicted molar refractivity (Wildman–Crippen MR) is 57.3 cm³/mol. The number of likely N-dealkylation sites (N-methyl/N-ethyl adjacent to an activating group) is 1. The summed E-state index contributed by atoms with van der Waals surface area (Å²) in [5.41, 5.74) is 0. The van der Waals surface area contributed by atoms with Crippen molar-refractivity contribution in [1.29, 1.82) is 0 Å². The van der Waals surface area contributed by atoms with Crippen molar-refractivity contribution < 1.29 is 5.11 Å². The second-order valence-corrected chi connectivity index (χ2v) is 3.79. The van der Waals surface area contributed by atoms with E-state index in [0.717, 1.165) is 6.54 Å². The number of hydrogen-bond donors (Lipinski definition) is 2. The Labute approximate surface area is 88.2 Å². The third-order valence-corrected chi connectivity index (χ3v) is 2.60. The van der Waals surface area contributed by atoms with Crippen LogP contribution in [0.1, 0.15) is 6.92 Å². The summed E-state index contributed by atoms with van der Waals surface area (Å²) in [7, 11) is 0. The highest BCUT2D eigenvalue weighted by atomic mass is 32.2. The minimum Gasteiger partial charge on any atom is -0.391 e. The summed E-state index contributed by atoms with van der Waals surface area (Å²) in [6.07, 6.45) is 3.06. The van der Waals surface area contributed by atoms with Crippen LogP contribution in [0.15, 0.2) is 23.6 Å². The maximum atomic E-state index is 9.50. The molecule has 14 heavy (non-hydrogen) atoms. The van der Waals surface area contributed by atoms with Crippen LogP contribution in [0, 0.1) is 0 Å². The number of thioether (sulfide) groups is 1. The Balaban J connectivity index is 2.20. The number of aliphatic hydroxyl groups excluding tert-OH is 1. The van der Waals surface area contributed by atoms with Gasteiger partial charge < -0.3 is 10.4 Å². The van der Waals surface area contributed by atoms with Crippen LogP contribution < -0.4 is 5.32 Å². The number of nitrogens with one attached hydrogen (secondary N) is 1. The van der Waals surface area contributed by atoms with Crippen molar-refractivity contribution in [3.8, 4) is 0 Å². The van der Waals surface area contributed by atoms with Crippen molar-refractivity contribution in [2.75, 3.05) is 18.8 Å². The van der Waals surface area contributed by atoms with E-state index in [9.17, 15) is 5.11 Å². The fourth-order valence-corrected chi connectivity index (χ4v) is 1.63. The quantitative estimate of drug-likeness (QED) is 0.533. The van der Waals surface area contributed by atoms with Gasteiger partial charge in [-0.05, 0) is 12.6 Å². The molecule has 1 aromatic heterocycles. The van der Waals surface area contributed by atoms with E-state index >= 15 is 0 Å². The number of aliphatic hydroxyl groups is 1. The summed E-state index contributed by atoms with van der Waals surface area (Å²) in [4.78, 5) is 8.10. The van der Waals surface area contributed by atoms with Gasteiger partial charge in [-0.15, -0.1) is 0 Å². The molecule has 0 radical (unpaired) electrons. The molecule has 4 nitrogen and oxygen atoms in total. The van der Waals surface area contributed by atoms with Gasteiger partial charge in [0.05, 0.1) is 6.10 Å². The molecule has 1 unspecified atom stereocenters. The summed E-state index contributed by atoms with van der Waals surface area (Å²) in [6, 6.07) is 1.78. The Morgan fingerprint density at radius 2 is 2.21 bits per heavy atom. The zero-order valence-electron chi connectivity index (χ0n) is 8.18. The number of hydrogen-bond acceptors (Lipinski definition) is 5. The second-order valence-electron chi connectivity index (χ2n) is 2.80. The molecule has 1 aromatic rings. The minimum absolute atomic E-state index is 0.344. The maximum absolute atomic E-state index is 9.50. The molecule has 0 aliphatic heterocycles. The van der Waals surface area contributed by atoms with Crippen LogP contribution >= 0.6 is 11.8 Å². The SMILES string of the molecule is CCNCC(O)CSc1ncccn1. The van der Waals surface area contributed by atoms with E-state index in [4.69, 9.17) is 0 Å². The van der Waals surface area contributed by atoms with E-state index in [1.165, 1.54) is 11.8 Å². The molecule has 5 heteroatoms. The van der Waals surface area contributed by atoms with Crippen LogP contribution in [0.5, 0.6) is 0 Å². The standard InChI is InChI=1S/C9H15N3OS/c1-2-10-6-8(13)7-14-9-11-4-3-5-12-9/h3-5,8,10,13H,2,6-7H2,1H3. The largest absolute Gasteiger partial charge is 0.391 e. The summed E-state index contributed by atoms with van der Waals surface area (Å²) >= 11 is 1.47. The molecule has 2 N–H and O–H groups in total. The molecule has 0 bridgehead atoms. The van der Waals surface area contributed by atoms with Crippen molar-refractivity contribution in [3.05, 3.63) is 18.5 Å². The normalized spacial score (nSPS) is 12.7. The molecule has 0 aliphatic rings. The van der Waals surface area contributed by atoms with Gasteiger partial charge in [0.25, 0.3) is 0 Å².